The van der Waals surface area contributed by atoms with Crippen LogP contribution >= 0.6 is 0 Å². The lowest BCUT2D eigenvalue weighted by Gasteiger charge is -2.31. The summed E-state index contributed by atoms with van der Waals surface area (Å²) in [6.45, 7) is 5.45. The van der Waals surface area contributed by atoms with Crippen LogP contribution in [0, 0.1) is 11.3 Å². The lowest BCUT2D eigenvalue weighted by molar-refractivity contribution is -0.122. The van der Waals surface area contributed by atoms with E-state index in [1.807, 2.05) is 13.8 Å². The predicted octanol–water partition coefficient (Wildman–Crippen LogP) is 0.885. The van der Waals surface area contributed by atoms with Gasteiger partial charge in [-0.15, -0.1) is 0 Å². The molecule has 10 nitrogen and oxygen atoms in total. The van der Waals surface area contributed by atoms with Crippen molar-refractivity contribution >= 4 is 25.0 Å². The van der Waals surface area contributed by atoms with Crippen molar-refractivity contribution in [2.24, 2.45) is 5.92 Å². The fraction of sp³-hybridized carbons (Fsp3) is 0.609. The van der Waals surface area contributed by atoms with E-state index in [9.17, 15) is 19.7 Å². The number of carboxylic acids is 1. The zero-order valence-electron chi connectivity index (χ0n) is 19.9. The van der Waals surface area contributed by atoms with Crippen molar-refractivity contribution in [3.63, 3.8) is 0 Å². The second kappa shape index (κ2) is 12.1. The summed E-state index contributed by atoms with van der Waals surface area (Å²) in [5.74, 6) is -1.05. The van der Waals surface area contributed by atoms with Gasteiger partial charge in [0.25, 0.3) is 0 Å². The number of guanidine groups is 1. The van der Waals surface area contributed by atoms with Crippen molar-refractivity contribution in [1.82, 2.24) is 21.3 Å². The van der Waals surface area contributed by atoms with Gasteiger partial charge in [-0.3, -0.25) is 10.2 Å². The van der Waals surface area contributed by atoms with Crippen molar-refractivity contribution in [3.8, 4) is 5.75 Å². The second-order valence-electron chi connectivity index (χ2n) is 9.46. The van der Waals surface area contributed by atoms with Crippen molar-refractivity contribution in [2.45, 2.75) is 70.4 Å². The molecule has 0 radical (unpaired) electrons. The lowest BCUT2D eigenvalue weighted by Crippen LogP contribution is -2.53. The molecule has 11 heteroatoms. The topological polar surface area (TPSA) is 156 Å². The Morgan fingerprint density at radius 1 is 1.21 bits per heavy atom. The van der Waals surface area contributed by atoms with E-state index >= 15 is 0 Å². The highest BCUT2D eigenvalue weighted by molar-refractivity contribution is 6.47. The van der Waals surface area contributed by atoms with Gasteiger partial charge in [0, 0.05) is 31.6 Å². The Morgan fingerprint density at radius 3 is 2.62 bits per heavy atom. The molecule has 186 valence electrons. The Hall–Kier alpha value is -2.79. The number of nitrogens with one attached hydrogen (secondary N) is 5. The Bertz CT molecular complexity index is 875. The summed E-state index contributed by atoms with van der Waals surface area (Å²) in [6.07, 6.45) is 4.63. The monoisotopic (exact) mass is 473 g/mol. The SMILES string of the molecule is CC(C)NC(=N)NCCN[C@H]1CC[C@H](CC(=O)N[C@H]2Cc3cccc(C(=O)O)c3OB2O)CC1. The Labute approximate surface area is 200 Å². The van der Waals surface area contributed by atoms with E-state index in [0.29, 0.717) is 42.9 Å². The molecule has 0 unspecified atom stereocenters. The van der Waals surface area contributed by atoms with Gasteiger partial charge in [0.1, 0.15) is 5.75 Å². The number of fused-ring (bicyclic) bond motifs is 1. The van der Waals surface area contributed by atoms with Gasteiger partial charge in [-0.25, -0.2) is 4.79 Å². The zero-order chi connectivity index (χ0) is 24.7. The number of hydrogen-bond acceptors (Lipinski definition) is 6. The van der Waals surface area contributed by atoms with Gasteiger partial charge in [-0.1, -0.05) is 12.1 Å². The molecule has 34 heavy (non-hydrogen) atoms. The number of benzene rings is 1. The van der Waals surface area contributed by atoms with Crippen LogP contribution in [0.4, 0.5) is 0 Å². The quantitative estimate of drug-likeness (QED) is 0.121. The minimum Gasteiger partial charge on any atom is -0.534 e. The van der Waals surface area contributed by atoms with Gasteiger partial charge in [0.15, 0.2) is 5.96 Å². The molecule has 3 rings (SSSR count). The maximum absolute atomic E-state index is 12.6. The van der Waals surface area contributed by atoms with E-state index < -0.39 is 19.0 Å². The standard InChI is InChI=1S/C23H36BN5O5/c1-14(2)28-23(25)27-11-10-26-17-8-6-15(7-9-17)12-20(30)29-19-13-16-4-3-5-18(22(31)32)21(16)34-24(19)33/h3-5,14-15,17,19,26,33H,6-13H2,1-2H3,(H,29,30)(H,31,32)(H3,25,27,28)/t15-,17-,19-/m0/s1. The van der Waals surface area contributed by atoms with Gasteiger partial charge in [-0.05, 0) is 63.5 Å². The predicted molar refractivity (Wildman–Crippen MR) is 130 cm³/mol. The first kappa shape index (κ1) is 25.8. The van der Waals surface area contributed by atoms with E-state index in [1.165, 1.54) is 6.07 Å². The average Bonchev–Trinajstić information content (AvgIpc) is 2.77. The third kappa shape index (κ3) is 7.36. The van der Waals surface area contributed by atoms with Crippen molar-refractivity contribution in [1.29, 1.82) is 5.41 Å². The highest BCUT2D eigenvalue weighted by atomic mass is 16.5. The smallest absolute Gasteiger partial charge is 0.534 e. The number of aromatic carboxylic acids is 1. The van der Waals surface area contributed by atoms with Crippen LogP contribution in [0.15, 0.2) is 18.2 Å². The lowest BCUT2D eigenvalue weighted by atomic mass is 9.72. The molecule has 1 aliphatic carbocycles. The van der Waals surface area contributed by atoms with Gasteiger partial charge >= 0.3 is 13.1 Å². The largest absolute Gasteiger partial charge is 0.547 e. The summed E-state index contributed by atoms with van der Waals surface area (Å²) in [6, 6.07) is 5.47. The van der Waals surface area contributed by atoms with Gasteiger partial charge in [-0.2, -0.15) is 0 Å². The van der Waals surface area contributed by atoms with E-state index in [-0.39, 0.29) is 23.3 Å². The number of carbonyl (C=O) groups is 2. The molecule has 2 aliphatic rings. The molecule has 0 saturated heterocycles. The average molecular weight is 473 g/mol. The van der Waals surface area contributed by atoms with Crippen LogP contribution in [0.3, 0.4) is 0 Å². The van der Waals surface area contributed by atoms with Crippen LogP contribution in [0.2, 0.25) is 0 Å². The maximum atomic E-state index is 12.6. The third-order valence-corrected chi connectivity index (χ3v) is 6.31. The molecule has 1 atom stereocenters. The van der Waals surface area contributed by atoms with E-state index in [0.717, 1.165) is 32.2 Å². The van der Waals surface area contributed by atoms with Crippen LogP contribution < -0.4 is 25.9 Å². The summed E-state index contributed by atoms with van der Waals surface area (Å²) in [5.41, 5.74) is 0.666. The minimum atomic E-state index is -1.29. The van der Waals surface area contributed by atoms with Crippen LogP contribution in [-0.4, -0.2) is 66.2 Å². The first-order valence-electron chi connectivity index (χ1n) is 12.0. The summed E-state index contributed by atoms with van der Waals surface area (Å²) in [5, 5.41) is 39.8. The molecular weight excluding hydrogens is 437 g/mol. The normalized spacial score (nSPS) is 21.9. The summed E-state index contributed by atoms with van der Waals surface area (Å²) >= 11 is 0. The molecule has 1 saturated carbocycles. The Balaban J connectivity index is 1.37. The van der Waals surface area contributed by atoms with Crippen LogP contribution in [-0.2, 0) is 11.2 Å². The summed E-state index contributed by atoms with van der Waals surface area (Å²) in [7, 11) is -1.29. The fourth-order valence-electron chi connectivity index (χ4n) is 4.62. The Morgan fingerprint density at radius 2 is 1.94 bits per heavy atom. The van der Waals surface area contributed by atoms with Gasteiger partial charge in [0.2, 0.25) is 5.91 Å². The van der Waals surface area contributed by atoms with E-state index in [1.54, 1.807) is 12.1 Å². The van der Waals surface area contributed by atoms with Gasteiger partial charge < -0.3 is 36.1 Å². The number of amides is 1. The molecule has 1 fully saturated rings. The molecular formula is C23H36BN5O5. The van der Waals surface area contributed by atoms with Crippen LogP contribution in [0.25, 0.3) is 0 Å². The second-order valence-corrected chi connectivity index (χ2v) is 9.46. The first-order chi connectivity index (χ1) is 16.2. The molecule has 1 aromatic carbocycles. The third-order valence-electron chi connectivity index (χ3n) is 6.31. The van der Waals surface area contributed by atoms with Crippen molar-refractivity contribution in [2.75, 3.05) is 13.1 Å². The van der Waals surface area contributed by atoms with Crippen molar-refractivity contribution in [3.05, 3.63) is 29.3 Å². The summed E-state index contributed by atoms with van der Waals surface area (Å²) in [4.78, 5) is 24.0. The molecule has 0 bridgehead atoms. The first-order valence-corrected chi connectivity index (χ1v) is 12.0. The highest BCUT2D eigenvalue weighted by Crippen LogP contribution is 2.31. The Kier molecular flexibility index (Phi) is 9.17. The molecule has 1 amide bonds. The molecule has 1 aliphatic heterocycles. The van der Waals surface area contributed by atoms with E-state index in [2.05, 4.69) is 21.3 Å². The fourth-order valence-corrected chi connectivity index (χ4v) is 4.62. The van der Waals surface area contributed by atoms with Crippen LogP contribution in [0.1, 0.15) is 61.9 Å². The van der Waals surface area contributed by atoms with E-state index in [4.69, 9.17) is 10.1 Å². The molecule has 0 aromatic heterocycles. The van der Waals surface area contributed by atoms with Crippen LogP contribution in [0.5, 0.6) is 5.75 Å². The number of carbonyl (C=O) groups excluding carboxylic acids is 1. The van der Waals surface area contributed by atoms with Crippen molar-refractivity contribution < 1.29 is 24.4 Å². The molecule has 0 spiro atoms. The molecule has 1 heterocycles. The number of para-hydroxylation sites is 1. The minimum absolute atomic E-state index is 0.00738. The number of rotatable bonds is 9. The number of hydrogen-bond donors (Lipinski definition) is 7. The zero-order valence-corrected chi connectivity index (χ0v) is 19.9. The highest BCUT2D eigenvalue weighted by Gasteiger charge is 2.38. The summed E-state index contributed by atoms with van der Waals surface area (Å²) < 4.78 is 5.45. The molecule has 7 N–H and O–H groups in total. The maximum Gasteiger partial charge on any atom is 0.547 e. The van der Waals surface area contributed by atoms with Gasteiger partial charge in [0.05, 0.1) is 11.5 Å². The number of carboxylic acid groups (broad SMARTS) is 1. The molecule has 1 aromatic rings.